The van der Waals surface area contributed by atoms with Crippen molar-refractivity contribution < 1.29 is 4.79 Å². The number of rotatable bonds is 2. The first-order valence-electron chi connectivity index (χ1n) is 5.26. The molecule has 16 heavy (non-hydrogen) atoms. The number of aromatic nitrogens is 1. The number of halogens is 1. The maximum absolute atomic E-state index is 11.6. The van der Waals surface area contributed by atoms with E-state index in [-0.39, 0.29) is 6.03 Å². The van der Waals surface area contributed by atoms with E-state index in [0.717, 1.165) is 6.42 Å². The molecule has 1 fully saturated rings. The van der Waals surface area contributed by atoms with Gasteiger partial charge in [0.1, 0.15) is 0 Å². The maximum atomic E-state index is 11.6. The summed E-state index contributed by atoms with van der Waals surface area (Å²) in [6, 6.07) is 1.79. The molecule has 1 aromatic heterocycles. The molecule has 2 atom stereocenters. The van der Waals surface area contributed by atoms with E-state index < -0.39 is 0 Å². The molecule has 0 aromatic carbocycles. The van der Waals surface area contributed by atoms with E-state index in [1.54, 1.807) is 19.2 Å². The van der Waals surface area contributed by atoms with Crippen LogP contribution in [0.4, 0.5) is 10.5 Å². The molecule has 0 unspecified atom stereocenters. The number of nitrogens with zero attached hydrogens (tertiary/aromatic N) is 1. The normalized spacial score (nSPS) is 22.7. The first-order chi connectivity index (χ1) is 7.58. The fourth-order valence-corrected chi connectivity index (χ4v) is 1.65. The fourth-order valence-electron chi connectivity index (χ4n) is 1.49. The van der Waals surface area contributed by atoms with Crippen LogP contribution < -0.4 is 10.6 Å². The van der Waals surface area contributed by atoms with Crippen LogP contribution in [0.5, 0.6) is 0 Å². The van der Waals surface area contributed by atoms with Crippen molar-refractivity contribution in [2.24, 2.45) is 5.92 Å². The van der Waals surface area contributed by atoms with Gasteiger partial charge >= 0.3 is 6.03 Å². The standard InChI is InChI=1S/C11H14ClN3O/c1-6-5-9(6)15-11(16)14-8-3-4-13-7(2)10(8)12/h3-4,6,9H,5H2,1-2H3,(H2,13,14,15,16)/t6-,9+/m0/s1. The third-order valence-corrected chi connectivity index (χ3v) is 3.21. The molecule has 2 amide bonds. The van der Waals surface area contributed by atoms with Gasteiger partial charge in [-0.3, -0.25) is 4.98 Å². The molecule has 1 aliphatic carbocycles. The number of nitrogens with one attached hydrogen (secondary N) is 2. The molecule has 0 aliphatic heterocycles. The second kappa shape index (κ2) is 4.29. The summed E-state index contributed by atoms with van der Waals surface area (Å²) in [5, 5.41) is 6.08. The van der Waals surface area contributed by atoms with Crippen molar-refractivity contribution in [1.82, 2.24) is 10.3 Å². The minimum absolute atomic E-state index is 0.207. The minimum Gasteiger partial charge on any atom is -0.335 e. The van der Waals surface area contributed by atoms with E-state index in [9.17, 15) is 4.79 Å². The highest BCUT2D eigenvalue weighted by atomic mass is 35.5. The highest BCUT2D eigenvalue weighted by Gasteiger charge is 2.33. The predicted molar refractivity (Wildman–Crippen MR) is 63.7 cm³/mol. The Balaban J connectivity index is 1.98. The van der Waals surface area contributed by atoms with Crippen LogP contribution in [0.2, 0.25) is 5.02 Å². The van der Waals surface area contributed by atoms with Gasteiger partial charge in [0, 0.05) is 12.2 Å². The van der Waals surface area contributed by atoms with E-state index in [4.69, 9.17) is 11.6 Å². The molecular formula is C11H14ClN3O. The van der Waals surface area contributed by atoms with Gasteiger partial charge in [0.2, 0.25) is 0 Å². The van der Waals surface area contributed by atoms with Crippen LogP contribution >= 0.6 is 11.6 Å². The van der Waals surface area contributed by atoms with Crippen molar-refractivity contribution in [3.63, 3.8) is 0 Å². The van der Waals surface area contributed by atoms with Gasteiger partial charge in [-0.25, -0.2) is 4.79 Å². The van der Waals surface area contributed by atoms with Crippen LogP contribution in [-0.2, 0) is 0 Å². The molecule has 1 heterocycles. The summed E-state index contributed by atoms with van der Waals surface area (Å²) < 4.78 is 0. The van der Waals surface area contributed by atoms with Crippen molar-refractivity contribution in [3.05, 3.63) is 23.0 Å². The number of hydrogen-bond donors (Lipinski definition) is 2. The van der Waals surface area contributed by atoms with Gasteiger partial charge in [0.25, 0.3) is 0 Å². The monoisotopic (exact) mass is 239 g/mol. The van der Waals surface area contributed by atoms with E-state index in [1.807, 2.05) is 0 Å². The number of pyridine rings is 1. The lowest BCUT2D eigenvalue weighted by molar-refractivity contribution is 0.251. The Kier molecular flexibility index (Phi) is 3.01. The van der Waals surface area contributed by atoms with Crippen LogP contribution in [-0.4, -0.2) is 17.1 Å². The summed E-state index contributed by atoms with van der Waals surface area (Å²) in [6.45, 7) is 3.91. The number of carbonyl (C=O) groups excluding carboxylic acids is 1. The number of hydrogen-bond acceptors (Lipinski definition) is 2. The van der Waals surface area contributed by atoms with Gasteiger partial charge in [-0.15, -0.1) is 0 Å². The zero-order valence-corrected chi connectivity index (χ0v) is 10.0. The van der Waals surface area contributed by atoms with Crippen LogP contribution in [0.1, 0.15) is 19.0 Å². The summed E-state index contributed by atoms with van der Waals surface area (Å²) in [7, 11) is 0. The maximum Gasteiger partial charge on any atom is 0.319 e. The van der Waals surface area contributed by atoms with Crippen molar-refractivity contribution in [2.75, 3.05) is 5.32 Å². The molecule has 1 aromatic rings. The first-order valence-corrected chi connectivity index (χ1v) is 5.64. The van der Waals surface area contributed by atoms with E-state index >= 15 is 0 Å². The number of urea groups is 1. The summed E-state index contributed by atoms with van der Waals surface area (Å²) in [5.41, 5.74) is 1.30. The largest absolute Gasteiger partial charge is 0.335 e. The quantitative estimate of drug-likeness (QED) is 0.834. The zero-order chi connectivity index (χ0) is 11.7. The Bertz CT molecular complexity index is 422. The average molecular weight is 240 g/mol. The molecule has 5 heteroatoms. The van der Waals surface area contributed by atoms with Crippen molar-refractivity contribution in [2.45, 2.75) is 26.3 Å². The van der Waals surface area contributed by atoms with Crippen LogP contribution in [0.25, 0.3) is 0 Å². The SMILES string of the molecule is Cc1nccc(NC(=O)N[C@@H]2C[C@@H]2C)c1Cl. The van der Waals surface area contributed by atoms with Crippen molar-refractivity contribution >= 4 is 23.3 Å². The average Bonchev–Trinajstić information content (AvgIpc) is 2.89. The van der Waals surface area contributed by atoms with Gasteiger partial charge in [-0.2, -0.15) is 0 Å². The first kappa shape index (κ1) is 11.2. The Morgan fingerprint density at radius 1 is 1.62 bits per heavy atom. The Hall–Kier alpha value is -1.29. The lowest BCUT2D eigenvalue weighted by Gasteiger charge is -2.09. The van der Waals surface area contributed by atoms with Gasteiger partial charge in [-0.1, -0.05) is 18.5 Å². The number of aryl methyl sites for hydroxylation is 1. The number of amides is 2. The number of anilines is 1. The second-order valence-electron chi connectivity index (χ2n) is 4.18. The highest BCUT2D eigenvalue weighted by Crippen LogP contribution is 2.29. The van der Waals surface area contributed by atoms with Crippen molar-refractivity contribution in [3.8, 4) is 0 Å². The van der Waals surface area contributed by atoms with Crippen LogP contribution in [0, 0.1) is 12.8 Å². The Labute approximate surface area is 99.4 Å². The lowest BCUT2D eigenvalue weighted by atomic mass is 10.3. The van der Waals surface area contributed by atoms with Gasteiger partial charge in [0.15, 0.2) is 0 Å². The molecular weight excluding hydrogens is 226 g/mol. The van der Waals surface area contributed by atoms with E-state index in [0.29, 0.717) is 28.4 Å². The lowest BCUT2D eigenvalue weighted by Crippen LogP contribution is -2.31. The second-order valence-corrected chi connectivity index (χ2v) is 4.55. The minimum atomic E-state index is -0.207. The molecule has 0 radical (unpaired) electrons. The van der Waals surface area contributed by atoms with Crippen molar-refractivity contribution in [1.29, 1.82) is 0 Å². The fraction of sp³-hybridized carbons (Fsp3) is 0.455. The van der Waals surface area contributed by atoms with Gasteiger partial charge in [-0.05, 0) is 25.3 Å². The highest BCUT2D eigenvalue weighted by molar-refractivity contribution is 6.34. The van der Waals surface area contributed by atoms with Crippen LogP contribution in [0.15, 0.2) is 12.3 Å². The zero-order valence-electron chi connectivity index (χ0n) is 9.25. The molecule has 1 aliphatic rings. The molecule has 4 nitrogen and oxygen atoms in total. The third-order valence-electron chi connectivity index (χ3n) is 2.74. The van der Waals surface area contributed by atoms with Gasteiger partial charge < -0.3 is 10.6 Å². The Morgan fingerprint density at radius 3 is 2.94 bits per heavy atom. The van der Waals surface area contributed by atoms with E-state index in [1.165, 1.54) is 0 Å². The summed E-state index contributed by atoms with van der Waals surface area (Å²) in [4.78, 5) is 15.6. The third kappa shape index (κ3) is 2.44. The smallest absolute Gasteiger partial charge is 0.319 e. The Morgan fingerprint density at radius 2 is 2.31 bits per heavy atom. The summed E-state index contributed by atoms with van der Waals surface area (Å²) in [6.07, 6.45) is 2.67. The molecule has 1 saturated carbocycles. The topological polar surface area (TPSA) is 54.0 Å². The molecule has 2 rings (SSSR count). The van der Waals surface area contributed by atoms with Gasteiger partial charge in [0.05, 0.1) is 16.4 Å². The molecule has 0 bridgehead atoms. The van der Waals surface area contributed by atoms with E-state index in [2.05, 4.69) is 22.5 Å². The molecule has 2 N–H and O–H groups in total. The molecule has 86 valence electrons. The molecule has 0 spiro atoms. The number of carbonyl (C=O) groups is 1. The van der Waals surface area contributed by atoms with Crippen LogP contribution in [0.3, 0.4) is 0 Å². The summed E-state index contributed by atoms with van der Waals surface area (Å²) in [5.74, 6) is 0.584. The predicted octanol–water partition coefficient (Wildman–Crippen LogP) is 2.57. The molecule has 0 saturated heterocycles. The summed E-state index contributed by atoms with van der Waals surface area (Å²) >= 11 is 6.01.